The standard InChI is InChI=1S/C16H23FO3/c1-5-16(19,12-9-7-8-10-13(12)17)14(11(3)4)15(18)20-6-2/h7-11,14,19H,5-6H2,1-4H3. The van der Waals surface area contributed by atoms with Gasteiger partial charge in [-0.2, -0.15) is 0 Å². The number of carbonyl (C=O) groups excluding carboxylic acids is 1. The largest absolute Gasteiger partial charge is 0.466 e. The summed E-state index contributed by atoms with van der Waals surface area (Å²) in [5.41, 5.74) is -1.42. The van der Waals surface area contributed by atoms with Crippen molar-refractivity contribution in [1.29, 1.82) is 0 Å². The average Bonchev–Trinajstić information content (AvgIpc) is 2.38. The molecule has 0 aliphatic heterocycles. The fourth-order valence-corrected chi connectivity index (χ4v) is 2.64. The van der Waals surface area contributed by atoms with Crippen LogP contribution in [0.3, 0.4) is 0 Å². The van der Waals surface area contributed by atoms with Crippen LogP contribution in [0.2, 0.25) is 0 Å². The molecule has 0 heterocycles. The maximum atomic E-state index is 14.0. The quantitative estimate of drug-likeness (QED) is 0.815. The lowest BCUT2D eigenvalue weighted by molar-refractivity contribution is -0.163. The Morgan fingerprint density at radius 2 is 1.95 bits per heavy atom. The van der Waals surface area contributed by atoms with Gasteiger partial charge in [0.1, 0.15) is 11.4 Å². The van der Waals surface area contributed by atoms with Crippen LogP contribution in [0.1, 0.15) is 39.7 Å². The number of esters is 1. The van der Waals surface area contributed by atoms with Crippen LogP contribution in [0, 0.1) is 17.7 Å². The van der Waals surface area contributed by atoms with E-state index in [4.69, 9.17) is 4.74 Å². The van der Waals surface area contributed by atoms with Crippen LogP contribution in [0.4, 0.5) is 4.39 Å². The highest BCUT2D eigenvalue weighted by Gasteiger charge is 2.45. The molecule has 2 atom stereocenters. The summed E-state index contributed by atoms with van der Waals surface area (Å²) in [7, 11) is 0. The van der Waals surface area contributed by atoms with Crippen molar-refractivity contribution in [2.45, 2.75) is 39.7 Å². The van der Waals surface area contributed by atoms with E-state index in [0.29, 0.717) is 0 Å². The van der Waals surface area contributed by atoms with E-state index in [1.54, 1.807) is 26.0 Å². The van der Waals surface area contributed by atoms with Crippen LogP contribution < -0.4 is 0 Å². The fourth-order valence-electron chi connectivity index (χ4n) is 2.64. The molecule has 0 bridgehead atoms. The topological polar surface area (TPSA) is 46.5 Å². The molecule has 0 fully saturated rings. The van der Waals surface area contributed by atoms with Crippen molar-refractivity contribution >= 4 is 5.97 Å². The minimum Gasteiger partial charge on any atom is -0.466 e. The van der Waals surface area contributed by atoms with Gasteiger partial charge in [-0.3, -0.25) is 4.79 Å². The Labute approximate surface area is 119 Å². The predicted octanol–water partition coefficient (Wildman–Crippen LogP) is 3.26. The zero-order valence-electron chi connectivity index (χ0n) is 12.5. The number of aliphatic hydroxyl groups is 1. The van der Waals surface area contributed by atoms with Gasteiger partial charge < -0.3 is 9.84 Å². The molecule has 0 saturated carbocycles. The van der Waals surface area contributed by atoms with E-state index in [9.17, 15) is 14.3 Å². The fraction of sp³-hybridized carbons (Fsp3) is 0.562. The lowest BCUT2D eigenvalue weighted by atomic mass is 9.73. The van der Waals surface area contributed by atoms with Crippen LogP contribution in [0.5, 0.6) is 0 Å². The monoisotopic (exact) mass is 282 g/mol. The molecule has 0 aromatic heterocycles. The third kappa shape index (κ3) is 3.18. The van der Waals surface area contributed by atoms with Crippen molar-refractivity contribution < 1.29 is 19.0 Å². The smallest absolute Gasteiger partial charge is 0.312 e. The molecule has 20 heavy (non-hydrogen) atoms. The lowest BCUT2D eigenvalue weighted by Crippen LogP contribution is -2.44. The minimum atomic E-state index is -1.56. The second-order valence-corrected chi connectivity index (χ2v) is 5.23. The average molecular weight is 282 g/mol. The first-order valence-electron chi connectivity index (χ1n) is 7.02. The molecular formula is C16H23FO3. The molecule has 0 amide bonds. The van der Waals surface area contributed by atoms with E-state index >= 15 is 0 Å². The molecule has 0 saturated heterocycles. The van der Waals surface area contributed by atoms with Crippen molar-refractivity contribution in [1.82, 2.24) is 0 Å². The van der Waals surface area contributed by atoms with Gasteiger partial charge in [-0.1, -0.05) is 39.0 Å². The number of hydrogen-bond donors (Lipinski definition) is 1. The summed E-state index contributed by atoms with van der Waals surface area (Å²) in [6.07, 6.45) is 0.232. The molecule has 1 rings (SSSR count). The third-order valence-electron chi connectivity index (χ3n) is 3.60. The number of ether oxygens (including phenoxy) is 1. The van der Waals surface area contributed by atoms with Gasteiger partial charge in [0.05, 0.1) is 12.5 Å². The number of benzene rings is 1. The van der Waals surface area contributed by atoms with Gasteiger partial charge in [0, 0.05) is 5.56 Å². The van der Waals surface area contributed by atoms with Gasteiger partial charge >= 0.3 is 5.97 Å². The molecule has 1 aromatic carbocycles. The number of halogens is 1. The van der Waals surface area contributed by atoms with E-state index in [1.807, 2.05) is 13.8 Å². The van der Waals surface area contributed by atoms with Gasteiger partial charge in [0.2, 0.25) is 0 Å². The van der Waals surface area contributed by atoms with Crippen molar-refractivity contribution in [3.63, 3.8) is 0 Å². The molecule has 1 aromatic rings. The van der Waals surface area contributed by atoms with Crippen molar-refractivity contribution in [3.8, 4) is 0 Å². The molecule has 0 radical (unpaired) electrons. The first-order valence-corrected chi connectivity index (χ1v) is 7.02. The molecule has 2 unspecified atom stereocenters. The summed E-state index contributed by atoms with van der Waals surface area (Å²) in [4.78, 5) is 12.2. The zero-order chi connectivity index (χ0) is 15.3. The number of rotatable bonds is 6. The summed E-state index contributed by atoms with van der Waals surface area (Å²) in [6.45, 7) is 7.33. The van der Waals surface area contributed by atoms with Crippen LogP contribution in [0.25, 0.3) is 0 Å². The van der Waals surface area contributed by atoms with Crippen molar-refractivity contribution in [2.24, 2.45) is 11.8 Å². The summed E-state index contributed by atoms with van der Waals surface area (Å²) in [5.74, 6) is -1.97. The molecule has 1 N–H and O–H groups in total. The minimum absolute atomic E-state index is 0.147. The summed E-state index contributed by atoms with van der Waals surface area (Å²) >= 11 is 0. The van der Waals surface area contributed by atoms with Crippen molar-refractivity contribution in [2.75, 3.05) is 6.61 Å². The Morgan fingerprint density at radius 3 is 2.40 bits per heavy atom. The molecular weight excluding hydrogens is 259 g/mol. The van der Waals surface area contributed by atoms with Crippen LogP contribution >= 0.6 is 0 Å². The summed E-state index contributed by atoms with van der Waals surface area (Å²) < 4.78 is 19.1. The maximum Gasteiger partial charge on any atom is 0.312 e. The Balaban J connectivity index is 3.31. The molecule has 3 nitrogen and oxygen atoms in total. The Bertz CT molecular complexity index is 459. The number of carbonyl (C=O) groups is 1. The Hall–Kier alpha value is -1.42. The van der Waals surface area contributed by atoms with E-state index in [1.165, 1.54) is 12.1 Å². The maximum absolute atomic E-state index is 14.0. The van der Waals surface area contributed by atoms with Gasteiger partial charge in [-0.25, -0.2) is 4.39 Å². The first-order chi connectivity index (χ1) is 9.38. The highest BCUT2D eigenvalue weighted by molar-refractivity contribution is 5.74. The normalized spacial score (nSPS) is 15.8. The second kappa shape index (κ2) is 6.84. The van der Waals surface area contributed by atoms with Crippen LogP contribution in [-0.4, -0.2) is 17.7 Å². The van der Waals surface area contributed by atoms with E-state index in [-0.39, 0.29) is 24.5 Å². The molecule has 0 aliphatic rings. The van der Waals surface area contributed by atoms with E-state index < -0.39 is 23.3 Å². The van der Waals surface area contributed by atoms with Gasteiger partial charge in [0.25, 0.3) is 0 Å². The van der Waals surface area contributed by atoms with Gasteiger partial charge in [0.15, 0.2) is 0 Å². The summed E-state index contributed by atoms with van der Waals surface area (Å²) in [5, 5.41) is 11.0. The summed E-state index contributed by atoms with van der Waals surface area (Å²) in [6, 6.07) is 6.02. The van der Waals surface area contributed by atoms with Gasteiger partial charge in [-0.05, 0) is 25.3 Å². The highest BCUT2D eigenvalue weighted by atomic mass is 19.1. The number of hydrogen-bond acceptors (Lipinski definition) is 3. The molecule has 4 heteroatoms. The SMILES string of the molecule is CCOC(=O)C(C(C)C)C(O)(CC)c1ccccc1F. The Kier molecular flexibility index (Phi) is 5.69. The predicted molar refractivity (Wildman–Crippen MR) is 75.5 cm³/mol. The Morgan fingerprint density at radius 1 is 1.35 bits per heavy atom. The zero-order valence-corrected chi connectivity index (χ0v) is 12.5. The van der Waals surface area contributed by atoms with Crippen molar-refractivity contribution in [3.05, 3.63) is 35.6 Å². The third-order valence-corrected chi connectivity index (χ3v) is 3.60. The molecule has 112 valence electrons. The van der Waals surface area contributed by atoms with Crippen LogP contribution in [-0.2, 0) is 15.1 Å². The van der Waals surface area contributed by atoms with E-state index in [2.05, 4.69) is 0 Å². The molecule has 0 aliphatic carbocycles. The van der Waals surface area contributed by atoms with Gasteiger partial charge in [-0.15, -0.1) is 0 Å². The lowest BCUT2D eigenvalue weighted by Gasteiger charge is -2.36. The molecule has 0 spiro atoms. The highest BCUT2D eigenvalue weighted by Crippen LogP contribution is 2.39. The second-order valence-electron chi connectivity index (χ2n) is 5.23. The van der Waals surface area contributed by atoms with E-state index in [0.717, 1.165) is 0 Å². The van der Waals surface area contributed by atoms with Crippen LogP contribution in [0.15, 0.2) is 24.3 Å². The first kappa shape index (κ1) is 16.6.